The lowest BCUT2D eigenvalue weighted by Crippen LogP contribution is -2.40. The van der Waals surface area contributed by atoms with Crippen molar-refractivity contribution in [2.45, 2.75) is 43.9 Å². The fourth-order valence-corrected chi connectivity index (χ4v) is 12.1. The van der Waals surface area contributed by atoms with E-state index in [-0.39, 0.29) is 10.8 Å². The van der Waals surface area contributed by atoms with Crippen molar-refractivity contribution in [1.82, 2.24) is 15.0 Å². The first-order valence-electron chi connectivity index (χ1n) is 23.8. The molecule has 69 heavy (non-hydrogen) atoms. The Bertz CT molecular complexity index is 3730. The molecular formula is C65H46N4. The van der Waals surface area contributed by atoms with Crippen LogP contribution in [0.25, 0.3) is 78.7 Å². The van der Waals surface area contributed by atoms with E-state index in [2.05, 4.69) is 210 Å². The molecule has 0 aliphatic heterocycles. The Morgan fingerprint density at radius 1 is 0.319 bits per heavy atom. The van der Waals surface area contributed by atoms with Gasteiger partial charge in [0.05, 0.1) is 17.0 Å². The average Bonchev–Trinajstić information content (AvgIpc) is 3.82. The van der Waals surface area contributed by atoms with E-state index in [9.17, 15) is 5.26 Å². The quantitative estimate of drug-likeness (QED) is 0.173. The van der Waals surface area contributed by atoms with E-state index in [4.69, 9.17) is 15.0 Å². The molecule has 0 bridgehead atoms. The molecule has 13 rings (SSSR count). The van der Waals surface area contributed by atoms with Gasteiger partial charge >= 0.3 is 0 Å². The Labute approximate surface area is 403 Å². The van der Waals surface area contributed by atoms with Gasteiger partial charge in [-0.15, -0.1) is 0 Å². The van der Waals surface area contributed by atoms with Gasteiger partial charge in [0.1, 0.15) is 0 Å². The van der Waals surface area contributed by atoms with E-state index in [1.807, 2.05) is 30.3 Å². The predicted octanol–water partition coefficient (Wildman–Crippen LogP) is 15.4. The van der Waals surface area contributed by atoms with Crippen molar-refractivity contribution in [3.8, 4) is 84.7 Å². The van der Waals surface area contributed by atoms with Gasteiger partial charge in [0, 0.05) is 27.5 Å². The summed E-state index contributed by atoms with van der Waals surface area (Å²) in [6, 6.07) is 76.7. The maximum Gasteiger partial charge on any atom is 0.164 e. The summed E-state index contributed by atoms with van der Waals surface area (Å²) in [6.45, 7) is 9.29. The van der Waals surface area contributed by atoms with Crippen LogP contribution in [0.15, 0.2) is 206 Å². The summed E-state index contributed by atoms with van der Waals surface area (Å²) in [7, 11) is 0. The van der Waals surface area contributed by atoms with Crippen molar-refractivity contribution in [1.29, 1.82) is 5.26 Å². The third-order valence-corrected chi connectivity index (χ3v) is 15.5. The summed E-state index contributed by atoms with van der Waals surface area (Å²) in [4.78, 5) is 16.0. The van der Waals surface area contributed by atoms with Crippen molar-refractivity contribution >= 4 is 0 Å². The summed E-state index contributed by atoms with van der Waals surface area (Å²) >= 11 is 0. The van der Waals surface area contributed by atoms with Crippen LogP contribution in [0.4, 0.5) is 0 Å². The molecule has 0 unspecified atom stereocenters. The molecule has 0 saturated carbocycles. The van der Waals surface area contributed by atoms with Crippen molar-refractivity contribution in [2.24, 2.45) is 0 Å². The highest BCUT2D eigenvalue weighted by molar-refractivity contribution is 5.97. The molecule has 4 heteroatoms. The fourth-order valence-electron chi connectivity index (χ4n) is 12.1. The second kappa shape index (κ2) is 15.0. The minimum absolute atomic E-state index is 0.231. The summed E-state index contributed by atoms with van der Waals surface area (Å²) in [5.41, 5.74) is 21.9. The standard InChI is InChI=1S/C65H46N4/c1-63(2)52-21-11-13-23-54(52)65(55-24-14-12-22-53(55)63)51-35-32-45(46-31-34-48-47-33-26-40(39-66)36-57(47)64(3,4)58(48)38-46)37-50(51)59-49(20-15-25-56(59)65)62-68-60(43-18-9-6-10-19-43)67-61(69-62)44-29-27-42(28-30-44)41-16-7-5-8-17-41/h5-38H,1-4H3. The van der Waals surface area contributed by atoms with E-state index in [0.717, 1.165) is 44.5 Å². The van der Waals surface area contributed by atoms with Gasteiger partial charge in [-0.2, -0.15) is 5.26 Å². The summed E-state index contributed by atoms with van der Waals surface area (Å²) in [6.07, 6.45) is 0. The van der Waals surface area contributed by atoms with E-state index >= 15 is 0 Å². The maximum absolute atomic E-state index is 9.83. The SMILES string of the molecule is CC1(C)c2cc(C#N)ccc2-c2ccc(-c3ccc4c(c3)-c3c(-c5nc(-c6ccccc6)nc(-c6ccc(-c7ccccc7)cc6)n5)cccc3C43c4ccccc4C(C)(C)c4ccccc43)cc21. The summed E-state index contributed by atoms with van der Waals surface area (Å²) in [5, 5.41) is 9.83. The zero-order chi connectivity index (χ0) is 46.6. The number of hydrogen-bond acceptors (Lipinski definition) is 4. The lowest BCUT2D eigenvalue weighted by molar-refractivity contribution is 0.563. The molecule has 0 N–H and O–H groups in total. The van der Waals surface area contributed by atoms with Gasteiger partial charge in [-0.25, -0.2) is 15.0 Å². The Kier molecular flexibility index (Phi) is 8.85. The van der Waals surface area contributed by atoms with Gasteiger partial charge in [0.25, 0.3) is 0 Å². The van der Waals surface area contributed by atoms with Gasteiger partial charge in [-0.05, 0) is 113 Å². The van der Waals surface area contributed by atoms with Crippen LogP contribution in [0.3, 0.4) is 0 Å². The van der Waals surface area contributed by atoms with Gasteiger partial charge in [0.2, 0.25) is 0 Å². The molecule has 1 aromatic heterocycles. The van der Waals surface area contributed by atoms with Crippen LogP contribution in [0.1, 0.15) is 77.8 Å². The van der Waals surface area contributed by atoms with Gasteiger partial charge < -0.3 is 0 Å². The first kappa shape index (κ1) is 40.7. The van der Waals surface area contributed by atoms with Gasteiger partial charge in [-0.1, -0.05) is 210 Å². The molecular weight excluding hydrogens is 837 g/mol. The van der Waals surface area contributed by atoms with E-state index < -0.39 is 5.41 Å². The Balaban J connectivity index is 1.06. The highest BCUT2D eigenvalue weighted by atomic mass is 15.0. The number of aromatic nitrogens is 3. The van der Waals surface area contributed by atoms with Crippen LogP contribution in [-0.2, 0) is 16.2 Å². The van der Waals surface area contributed by atoms with Crippen molar-refractivity contribution in [3.63, 3.8) is 0 Å². The smallest absolute Gasteiger partial charge is 0.164 e. The fraction of sp³-hybridized carbons (Fsp3) is 0.108. The normalized spacial score (nSPS) is 14.7. The number of hydrogen-bond donors (Lipinski definition) is 0. The molecule has 1 heterocycles. The Morgan fingerprint density at radius 3 is 1.43 bits per heavy atom. The molecule has 0 fully saturated rings. The Morgan fingerprint density at radius 2 is 0.783 bits per heavy atom. The third kappa shape index (κ3) is 5.90. The molecule has 0 saturated heterocycles. The monoisotopic (exact) mass is 882 g/mol. The van der Waals surface area contributed by atoms with Crippen LogP contribution in [0, 0.1) is 11.3 Å². The molecule has 10 aromatic rings. The summed E-state index contributed by atoms with van der Waals surface area (Å²) < 4.78 is 0. The van der Waals surface area contributed by atoms with Gasteiger partial charge in [-0.3, -0.25) is 0 Å². The van der Waals surface area contributed by atoms with Gasteiger partial charge in [0.15, 0.2) is 17.5 Å². The molecule has 3 aliphatic rings. The molecule has 4 nitrogen and oxygen atoms in total. The average molecular weight is 883 g/mol. The second-order valence-corrected chi connectivity index (χ2v) is 19.8. The number of fused-ring (bicyclic) bond motifs is 12. The minimum atomic E-state index is -0.618. The number of nitrogens with zero attached hydrogens (tertiary/aromatic N) is 4. The van der Waals surface area contributed by atoms with Crippen LogP contribution in [0.2, 0.25) is 0 Å². The topological polar surface area (TPSA) is 62.5 Å². The lowest BCUT2D eigenvalue weighted by atomic mass is 9.55. The van der Waals surface area contributed by atoms with Crippen LogP contribution >= 0.6 is 0 Å². The highest BCUT2D eigenvalue weighted by Gasteiger charge is 2.54. The maximum atomic E-state index is 9.83. The lowest BCUT2D eigenvalue weighted by Gasteiger charge is -2.46. The van der Waals surface area contributed by atoms with Crippen molar-refractivity contribution < 1.29 is 0 Å². The second-order valence-electron chi connectivity index (χ2n) is 19.8. The molecule has 9 aromatic carbocycles. The molecule has 0 atom stereocenters. The first-order valence-corrected chi connectivity index (χ1v) is 23.8. The summed E-state index contributed by atoms with van der Waals surface area (Å²) in [5.74, 6) is 1.88. The van der Waals surface area contributed by atoms with Crippen LogP contribution in [0.5, 0.6) is 0 Å². The number of rotatable bonds is 5. The van der Waals surface area contributed by atoms with Crippen molar-refractivity contribution in [3.05, 3.63) is 256 Å². The van der Waals surface area contributed by atoms with E-state index in [1.165, 1.54) is 61.2 Å². The molecule has 0 amide bonds. The van der Waals surface area contributed by atoms with Crippen molar-refractivity contribution in [2.75, 3.05) is 0 Å². The highest BCUT2D eigenvalue weighted by Crippen LogP contribution is 2.64. The number of benzene rings is 9. The molecule has 0 radical (unpaired) electrons. The van der Waals surface area contributed by atoms with E-state index in [1.54, 1.807) is 0 Å². The minimum Gasteiger partial charge on any atom is -0.208 e. The number of nitriles is 1. The molecule has 3 aliphatic carbocycles. The Hall–Kier alpha value is -8.52. The van der Waals surface area contributed by atoms with E-state index in [0.29, 0.717) is 23.0 Å². The first-order chi connectivity index (χ1) is 33.7. The van der Waals surface area contributed by atoms with Crippen LogP contribution in [-0.4, -0.2) is 15.0 Å². The zero-order valence-corrected chi connectivity index (χ0v) is 38.9. The third-order valence-electron chi connectivity index (χ3n) is 15.5. The largest absolute Gasteiger partial charge is 0.208 e. The van der Waals surface area contributed by atoms with Crippen LogP contribution < -0.4 is 0 Å². The predicted molar refractivity (Wildman–Crippen MR) is 279 cm³/mol. The molecule has 1 spiro atoms. The molecule has 326 valence electrons. The zero-order valence-electron chi connectivity index (χ0n) is 38.9.